The third kappa shape index (κ3) is 7.49. The summed E-state index contributed by atoms with van der Waals surface area (Å²) < 4.78 is 11.0. The quantitative estimate of drug-likeness (QED) is 0.140. The van der Waals surface area contributed by atoms with Crippen LogP contribution in [0.15, 0.2) is 40.4 Å². The number of benzene rings is 1. The Morgan fingerprint density at radius 1 is 1.17 bits per heavy atom. The van der Waals surface area contributed by atoms with Crippen LogP contribution in [0.5, 0.6) is 5.75 Å². The van der Waals surface area contributed by atoms with Crippen molar-refractivity contribution in [2.24, 2.45) is 0 Å². The van der Waals surface area contributed by atoms with Crippen molar-refractivity contribution in [3.8, 4) is 5.75 Å². The van der Waals surface area contributed by atoms with Crippen LogP contribution in [0.4, 0.5) is 23.1 Å². The molecular weight excluding hydrogens is 468 g/mol. The first kappa shape index (κ1) is 26.1. The normalized spacial score (nSPS) is 10.6. The first-order chi connectivity index (χ1) is 17.1. The van der Waals surface area contributed by atoms with Gasteiger partial charge in [0.05, 0.1) is 7.11 Å². The third-order valence-corrected chi connectivity index (χ3v) is 5.89. The van der Waals surface area contributed by atoms with E-state index in [2.05, 4.69) is 31.0 Å². The highest BCUT2D eigenvalue weighted by Gasteiger charge is 2.22. The summed E-state index contributed by atoms with van der Waals surface area (Å²) in [7, 11) is 5.14. The van der Waals surface area contributed by atoms with E-state index in [1.54, 1.807) is 14.2 Å². The molecule has 0 unspecified atom stereocenters. The lowest BCUT2D eigenvalue weighted by Gasteiger charge is -2.26. The van der Waals surface area contributed by atoms with Crippen molar-refractivity contribution in [2.45, 2.75) is 23.4 Å². The van der Waals surface area contributed by atoms with E-state index in [-0.39, 0.29) is 0 Å². The van der Waals surface area contributed by atoms with Crippen molar-refractivity contribution in [1.29, 1.82) is 0 Å². The molecular formula is C23H32N8O3S. The number of methoxy groups -OCH3 is 2. The molecule has 0 saturated carbocycles. The predicted octanol–water partition coefficient (Wildman–Crippen LogP) is 3.04. The molecule has 0 saturated heterocycles. The molecule has 1 aromatic carbocycles. The summed E-state index contributed by atoms with van der Waals surface area (Å²) in [5, 5.41) is 16.8. The maximum Gasteiger partial charge on any atom is 0.207 e. The molecule has 12 heteroatoms. The Kier molecular flexibility index (Phi) is 9.99. The van der Waals surface area contributed by atoms with E-state index in [9.17, 15) is 4.79 Å². The van der Waals surface area contributed by atoms with Crippen molar-refractivity contribution in [1.82, 2.24) is 25.5 Å². The zero-order chi connectivity index (χ0) is 25.0. The average molecular weight is 501 g/mol. The molecule has 188 valence electrons. The summed E-state index contributed by atoms with van der Waals surface area (Å²) >= 11 is 1.45. The molecule has 0 aliphatic carbocycles. The van der Waals surface area contributed by atoms with Crippen molar-refractivity contribution >= 4 is 41.3 Å². The van der Waals surface area contributed by atoms with Crippen LogP contribution in [0.2, 0.25) is 0 Å². The number of aromatic nitrogens is 4. The number of aryl methyl sites for hydroxylation is 1. The highest BCUT2D eigenvalue weighted by atomic mass is 32.2. The Hall–Kier alpha value is -3.51. The number of hydrogen-bond donors (Lipinski definition) is 4. The van der Waals surface area contributed by atoms with Crippen LogP contribution in [-0.4, -0.2) is 74.1 Å². The Balaban J connectivity index is 2.01. The first-order valence-corrected chi connectivity index (χ1v) is 12.0. The molecule has 3 aromatic rings. The second kappa shape index (κ2) is 13.4. The molecule has 1 amide bonds. The van der Waals surface area contributed by atoms with Gasteiger partial charge >= 0.3 is 0 Å². The number of carbonyl (C=O) groups is 1. The minimum Gasteiger partial charge on any atom is -0.490 e. The molecule has 35 heavy (non-hydrogen) atoms. The van der Waals surface area contributed by atoms with Gasteiger partial charge in [-0.3, -0.25) is 9.89 Å². The predicted molar refractivity (Wildman–Crippen MR) is 138 cm³/mol. The van der Waals surface area contributed by atoms with Gasteiger partial charge in [0.25, 0.3) is 0 Å². The second-order valence-corrected chi connectivity index (χ2v) is 8.60. The van der Waals surface area contributed by atoms with Gasteiger partial charge in [-0.15, -0.1) is 0 Å². The van der Waals surface area contributed by atoms with Gasteiger partial charge in [-0.2, -0.15) is 5.10 Å². The number of aromatic amines is 1. The number of amides is 1. The summed E-state index contributed by atoms with van der Waals surface area (Å²) in [6, 6.07) is 9.91. The number of carbonyl (C=O) groups excluding carboxylic acids is 1. The fraction of sp³-hybridized carbons (Fsp3) is 0.391. The summed E-state index contributed by atoms with van der Waals surface area (Å²) in [5.74, 6) is 2.23. The van der Waals surface area contributed by atoms with E-state index in [4.69, 9.17) is 19.4 Å². The van der Waals surface area contributed by atoms with Crippen molar-refractivity contribution in [2.75, 3.05) is 63.0 Å². The minimum atomic E-state index is 0.457. The lowest BCUT2D eigenvalue weighted by molar-refractivity contribution is -0.109. The zero-order valence-electron chi connectivity index (χ0n) is 20.4. The summed E-state index contributed by atoms with van der Waals surface area (Å²) in [6.45, 7) is 4.18. The Labute approximate surface area is 209 Å². The van der Waals surface area contributed by atoms with Crippen LogP contribution in [0.1, 0.15) is 12.1 Å². The molecule has 0 radical (unpaired) electrons. The molecule has 3 rings (SSSR count). The summed E-state index contributed by atoms with van der Waals surface area (Å²) in [5.41, 5.74) is 1.94. The van der Waals surface area contributed by atoms with Crippen molar-refractivity contribution in [3.05, 3.63) is 36.0 Å². The smallest absolute Gasteiger partial charge is 0.207 e. The fourth-order valence-electron chi connectivity index (χ4n) is 3.33. The van der Waals surface area contributed by atoms with E-state index in [1.165, 1.54) is 11.8 Å². The maximum atomic E-state index is 10.8. The standard InChI is InChI=1S/C23H32N8O3S/c1-16-14-19(30-29-16)26-21-20(34-4)22(31(11-5-13-33-3)12-10-25-15-32)28-23(27-21)35-18-8-6-17(24-2)7-9-18/h6-9,14-15,24H,5,10-13H2,1-4H3,(H,25,32)(H2,26,27,28,29,30). The van der Waals surface area contributed by atoms with E-state index < -0.39 is 0 Å². The fourth-order valence-corrected chi connectivity index (χ4v) is 4.08. The van der Waals surface area contributed by atoms with Gasteiger partial charge in [-0.1, -0.05) is 0 Å². The molecule has 2 heterocycles. The van der Waals surface area contributed by atoms with Gasteiger partial charge in [-0.25, -0.2) is 9.97 Å². The minimum absolute atomic E-state index is 0.457. The number of hydrogen-bond acceptors (Lipinski definition) is 10. The molecule has 0 fully saturated rings. The van der Waals surface area contributed by atoms with Gasteiger partial charge in [0.2, 0.25) is 12.2 Å². The topological polar surface area (TPSA) is 129 Å². The highest BCUT2D eigenvalue weighted by Crippen LogP contribution is 2.38. The number of H-pyrrole nitrogens is 1. The van der Waals surface area contributed by atoms with E-state index in [0.717, 1.165) is 22.7 Å². The molecule has 0 spiro atoms. The molecule has 2 aromatic heterocycles. The van der Waals surface area contributed by atoms with Gasteiger partial charge in [0.1, 0.15) is 0 Å². The number of rotatable bonds is 15. The molecule has 11 nitrogen and oxygen atoms in total. The van der Waals surface area contributed by atoms with E-state index in [0.29, 0.717) is 61.0 Å². The SMILES string of the molecule is CNc1ccc(Sc2nc(Nc3cc(C)[nH]n3)c(OC)c(N(CCCOC)CCNC=O)n2)cc1. The number of nitrogens with zero attached hydrogens (tertiary/aromatic N) is 4. The monoisotopic (exact) mass is 500 g/mol. The zero-order valence-corrected chi connectivity index (χ0v) is 21.2. The molecule has 0 atom stereocenters. The number of ether oxygens (including phenoxy) is 2. The molecule has 0 bridgehead atoms. The van der Waals surface area contributed by atoms with Gasteiger partial charge < -0.3 is 30.3 Å². The Morgan fingerprint density at radius 2 is 1.97 bits per heavy atom. The summed E-state index contributed by atoms with van der Waals surface area (Å²) in [4.78, 5) is 23.5. The van der Waals surface area contributed by atoms with Crippen LogP contribution in [0.25, 0.3) is 0 Å². The summed E-state index contributed by atoms with van der Waals surface area (Å²) in [6.07, 6.45) is 1.47. The van der Waals surface area contributed by atoms with Gasteiger partial charge in [0.15, 0.2) is 22.6 Å². The van der Waals surface area contributed by atoms with Crippen LogP contribution in [-0.2, 0) is 9.53 Å². The highest BCUT2D eigenvalue weighted by molar-refractivity contribution is 7.99. The van der Waals surface area contributed by atoms with Gasteiger partial charge in [0, 0.05) is 62.7 Å². The molecule has 4 N–H and O–H groups in total. The number of nitrogens with one attached hydrogen (secondary N) is 4. The van der Waals surface area contributed by atoms with Crippen molar-refractivity contribution < 1.29 is 14.3 Å². The second-order valence-electron chi connectivity index (χ2n) is 7.55. The van der Waals surface area contributed by atoms with Crippen molar-refractivity contribution in [3.63, 3.8) is 0 Å². The van der Waals surface area contributed by atoms with Crippen LogP contribution in [0, 0.1) is 6.92 Å². The Bertz CT molecular complexity index is 1080. The van der Waals surface area contributed by atoms with Crippen LogP contribution in [0.3, 0.4) is 0 Å². The lowest BCUT2D eigenvalue weighted by atomic mass is 10.3. The molecule has 0 aliphatic heterocycles. The number of anilines is 4. The largest absolute Gasteiger partial charge is 0.490 e. The van der Waals surface area contributed by atoms with Gasteiger partial charge in [-0.05, 0) is 49.4 Å². The third-order valence-electron chi connectivity index (χ3n) is 5.02. The first-order valence-electron chi connectivity index (χ1n) is 11.2. The molecule has 0 aliphatic rings. The van der Waals surface area contributed by atoms with E-state index in [1.807, 2.05) is 44.3 Å². The van der Waals surface area contributed by atoms with E-state index >= 15 is 0 Å². The average Bonchev–Trinajstić information content (AvgIpc) is 3.28. The van der Waals surface area contributed by atoms with Crippen LogP contribution >= 0.6 is 11.8 Å². The lowest BCUT2D eigenvalue weighted by Crippen LogP contribution is -2.34. The van der Waals surface area contributed by atoms with Crippen LogP contribution < -0.4 is 25.6 Å². The maximum absolute atomic E-state index is 10.8. The Morgan fingerprint density at radius 3 is 2.60 bits per heavy atom.